The quantitative estimate of drug-likeness (QED) is 0.840. The highest BCUT2D eigenvalue weighted by molar-refractivity contribution is 7.80. The van der Waals surface area contributed by atoms with E-state index in [4.69, 9.17) is 17.0 Å². The largest absolute Gasteiger partial charge is 0.492 e. The summed E-state index contributed by atoms with van der Waals surface area (Å²) in [6, 6.07) is 16.5. The summed E-state index contributed by atoms with van der Waals surface area (Å²) in [5.41, 5.74) is 3.45. The van der Waals surface area contributed by atoms with Gasteiger partial charge < -0.3 is 19.9 Å². The van der Waals surface area contributed by atoms with E-state index in [1.54, 1.807) is 0 Å². The van der Waals surface area contributed by atoms with E-state index in [1.807, 2.05) is 31.2 Å². The fourth-order valence-electron chi connectivity index (χ4n) is 3.05. The van der Waals surface area contributed by atoms with Crippen LogP contribution in [0.1, 0.15) is 12.5 Å². The molecule has 0 aromatic heterocycles. The molecule has 5 heteroatoms. The van der Waals surface area contributed by atoms with E-state index < -0.39 is 0 Å². The standard InChI is InChI=1S/C20H25N3OS/c1-3-24-19-11-7-6-10-18(19)22-12-14-23(15-13-22)20(25)21-17-9-5-4-8-16(17)2/h4-11H,3,12-15H2,1-2H3,(H,21,25). The van der Waals surface area contributed by atoms with Gasteiger partial charge in [-0.3, -0.25) is 0 Å². The molecular weight excluding hydrogens is 330 g/mol. The minimum absolute atomic E-state index is 0.682. The molecule has 3 rings (SSSR count). The first-order valence-corrected chi connectivity index (χ1v) is 9.18. The van der Waals surface area contributed by atoms with Gasteiger partial charge in [-0.1, -0.05) is 30.3 Å². The summed E-state index contributed by atoms with van der Waals surface area (Å²) < 4.78 is 5.76. The topological polar surface area (TPSA) is 27.7 Å². The zero-order valence-electron chi connectivity index (χ0n) is 14.9. The molecule has 0 saturated carbocycles. The zero-order chi connectivity index (χ0) is 17.6. The molecule has 0 radical (unpaired) electrons. The second-order valence-electron chi connectivity index (χ2n) is 6.12. The number of ether oxygens (including phenoxy) is 1. The number of para-hydroxylation sites is 3. The lowest BCUT2D eigenvalue weighted by Gasteiger charge is -2.38. The van der Waals surface area contributed by atoms with Crippen LogP contribution in [0.3, 0.4) is 0 Å². The van der Waals surface area contributed by atoms with Crippen LogP contribution in [0.5, 0.6) is 5.75 Å². The summed E-state index contributed by atoms with van der Waals surface area (Å²) in [5, 5.41) is 4.18. The molecule has 0 bridgehead atoms. The van der Waals surface area contributed by atoms with Gasteiger partial charge in [0.15, 0.2) is 5.11 Å². The molecule has 0 unspecified atom stereocenters. The van der Waals surface area contributed by atoms with Crippen molar-refractivity contribution < 1.29 is 4.74 Å². The van der Waals surface area contributed by atoms with Crippen LogP contribution >= 0.6 is 12.2 Å². The lowest BCUT2D eigenvalue weighted by Crippen LogP contribution is -2.50. The fourth-order valence-corrected chi connectivity index (χ4v) is 3.35. The zero-order valence-corrected chi connectivity index (χ0v) is 15.7. The van der Waals surface area contributed by atoms with Gasteiger partial charge in [-0.25, -0.2) is 0 Å². The number of anilines is 2. The molecule has 0 atom stereocenters. The Morgan fingerprint density at radius 1 is 1.04 bits per heavy atom. The number of nitrogens with one attached hydrogen (secondary N) is 1. The van der Waals surface area contributed by atoms with E-state index in [1.165, 1.54) is 11.3 Å². The molecule has 0 aliphatic carbocycles. The molecule has 1 N–H and O–H groups in total. The van der Waals surface area contributed by atoms with Crippen molar-refractivity contribution in [1.29, 1.82) is 0 Å². The number of nitrogens with zero attached hydrogens (tertiary/aromatic N) is 2. The highest BCUT2D eigenvalue weighted by atomic mass is 32.1. The average Bonchev–Trinajstić information content (AvgIpc) is 2.64. The molecule has 0 amide bonds. The van der Waals surface area contributed by atoms with Gasteiger partial charge in [0.1, 0.15) is 5.75 Å². The molecule has 1 aliphatic heterocycles. The lowest BCUT2D eigenvalue weighted by atomic mass is 10.2. The number of hydrogen-bond acceptors (Lipinski definition) is 3. The lowest BCUT2D eigenvalue weighted by molar-refractivity contribution is 0.336. The van der Waals surface area contributed by atoms with Gasteiger partial charge in [-0.15, -0.1) is 0 Å². The Balaban J connectivity index is 1.60. The second kappa shape index (κ2) is 8.21. The third kappa shape index (κ3) is 4.23. The third-order valence-electron chi connectivity index (χ3n) is 4.46. The van der Waals surface area contributed by atoms with E-state index in [2.05, 4.69) is 46.3 Å². The average molecular weight is 356 g/mol. The molecule has 1 aliphatic rings. The molecule has 25 heavy (non-hydrogen) atoms. The van der Waals surface area contributed by atoms with Crippen LogP contribution in [0.25, 0.3) is 0 Å². The summed E-state index contributed by atoms with van der Waals surface area (Å²) in [6.07, 6.45) is 0. The van der Waals surface area contributed by atoms with Crippen LogP contribution in [0.4, 0.5) is 11.4 Å². The third-order valence-corrected chi connectivity index (χ3v) is 4.82. The van der Waals surface area contributed by atoms with Crippen LogP contribution in [-0.4, -0.2) is 42.8 Å². The van der Waals surface area contributed by atoms with E-state index in [9.17, 15) is 0 Å². The van der Waals surface area contributed by atoms with Crippen molar-refractivity contribution in [2.75, 3.05) is 43.0 Å². The van der Waals surface area contributed by atoms with Crippen LogP contribution < -0.4 is 15.0 Å². The highest BCUT2D eigenvalue weighted by Gasteiger charge is 2.21. The van der Waals surface area contributed by atoms with Gasteiger partial charge in [-0.05, 0) is 49.8 Å². The Morgan fingerprint density at radius 3 is 2.44 bits per heavy atom. The maximum absolute atomic E-state index is 5.76. The molecule has 4 nitrogen and oxygen atoms in total. The summed E-state index contributed by atoms with van der Waals surface area (Å²) in [4.78, 5) is 4.61. The van der Waals surface area contributed by atoms with Gasteiger partial charge in [0, 0.05) is 31.9 Å². The molecule has 2 aromatic rings. The summed E-state index contributed by atoms with van der Waals surface area (Å²) in [6.45, 7) is 8.45. The molecule has 1 fully saturated rings. The summed E-state index contributed by atoms with van der Waals surface area (Å²) in [5.74, 6) is 0.957. The number of rotatable bonds is 4. The normalized spacial score (nSPS) is 14.3. The van der Waals surface area contributed by atoms with Crippen molar-refractivity contribution in [3.63, 3.8) is 0 Å². The molecular formula is C20H25N3OS. The van der Waals surface area contributed by atoms with Crippen molar-refractivity contribution in [2.24, 2.45) is 0 Å². The van der Waals surface area contributed by atoms with Crippen LogP contribution in [0.2, 0.25) is 0 Å². The van der Waals surface area contributed by atoms with Gasteiger partial charge >= 0.3 is 0 Å². The molecule has 0 spiro atoms. The van der Waals surface area contributed by atoms with E-state index in [0.717, 1.165) is 42.7 Å². The molecule has 1 saturated heterocycles. The van der Waals surface area contributed by atoms with Crippen molar-refractivity contribution >= 4 is 28.7 Å². The van der Waals surface area contributed by atoms with Crippen molar-refractivity contribution in [1.82, 2.24) is 4.90 Å². The molecule has 2 aromatic carbocycles. The summed E-state index contributed by atoms with van der Waals surface area (Å²) >= 11 is 5.61. The van der Waals surface area contributed by atoms with E-state index >= 15 is 0 Å². The Kier molecular flexibility index (Phi) is 5.76. The number of thiocarbonyl (C=S) groups is 1. The van der Waals surface area contributed by atoms with Crippen molar-refractivity contribution in [3.8, 4) is 5.75 Å². The van der Waals surface area contributed by atoms with E-state index in [0.29, 0.717) is 6.61 Å². The number of piperazine rings is 1. The predicted octanol–water partition coefficient (Wildman–Crippen LogP) is 3.91. The monoisotopic (exact) mass is 355 g/mol. The van der Waals surface area contributed by atoms with Crippen LogP contribution in [0, 0.1) is 6.92 Å². The van der Waals surface area contributed by atoms with Gasteiger partial charge in [0.05, 0.1) is 12.3 Å². The maximum atomic E-state index is 5.76. The van der Waals surface area contributed by atoms with Gasteiger partial charge in [0.2, 0.25) is 0 Å². The van der Waals surface area contributed by atoms with Crippen molar-refractivity contribution in [2.45, 2.75) is 13.8 Å². The Bertz CT molecular complexity index is 726. The number of benzene rings is 2. The van der Waals surface area contributed by atoms with Crippen molar-refractivity contribution in [3.05, 3.63) is 54.1 Å². The highest BCUT2D eigenvalue weighted by Crippen LogP contribution is 2.29. The number of hydrogen-bond donors (Lipinski definition) is 1. The minimum Gasteiger partial charge on any atom is -0.492 e. The molecule has 132 valence electrons. The SMILES string of the molecule is CCOc1ccccc1N1CCN(C(=S)Nc2ccccc2C)CC1. The Labute approximate surface area is 155 Å². The van der Waals surface area contributed by atoms with Gasteiger partial charge in [-0.2, -0.15) is 0 Å². The first-order chi connectivity index (χ1) is 12.2. The molecule has 1 heterocycles. The maximum Gasteiger partial charge on any atom is 0.173 e. The predicted molar refractivity (Wildman–Crippen MR) is 109 cm³/mol. The smallest absolute Gasteiger partial charge is 0.173 e. The first kappa shape index (κ1) is 17.5. The fraction of sp³-hybridized carbons (Fsp3) is 0.350. The van der Waals surface area contributed by atoms with Crippen LogP contribution in [-0.2, 0) is 0 Å². The summed E-state index contributed by atoms with van der Waals surface area (Å²) in [7, 11) is 0. The Morgan fingerprint density at radius 2 is 1.72 bits per heavy atom. The second-order valence-corrected chi connectivity index (χ2v) is 6.51. The van der Waals surface area contributed by atoms with Crippen LogP contribution in [0.15, 0.2) is 48.5 Å². The van der Waals surface area contributed by atoms with E-state index in [-0.39, 0.29) is 0 Å². The first-order valence-electron chi connectivity index (χ1n) is 8.77. The number of aryl methyl sites for hydroxylation is 1. The minimum atomic E-state index is 0.682. The van der Waals surface area contributed by atoms with Gasteiger partial charge in [0.25, 0.3) is 0 Å². The Hall–Kier alpha value is -2.27.